The van der Waals surface area contributed by atoms with Gasteiger partial charge in [-0.3, -0.25) is 14.9 Å². The molecule has 2 aromatic heterocycles. The number of aromatic nitrogens is 2. The van der Waals surface area contributed by atoms with Crippen molar-refractivity contribution in [3.05, 3.63) is 52.5 Å². The van der Waals surface area contributed by atoms with Gasteiger partial charge in [0, 0.05) is 34.1 Å². The average Bonchev–Trinajstić information content (AvgIpc) is 3.65. The molecule has 2 aliphatic heterocycles. The van der Waals surface area contributed by atoms with Crippen LogP contribution in [0.15, 0.2) is 28.8 Å². The van der Waals surface area contributed by atoms with E-state index in [9.17, 15) is 14.4 Å². The molecular formula is C28H33N7O4. The molecule has 0 unspecified atom stereocenters. The fraction of sp³-hybridized carbons (Fsp3) is 0.357. The average molecular weight is 532 g/mol. The smallest absolute Gasteiger partial charge is 0.324 e. The monoisotopic (exact) mass is 531 g/mol. The molecule has 2 aliphatic rings. The van der Waals surface area contributed by atoms with Crippen LogP contribution in [-0.4, -0.2) is 40.6 Å². The minimum Gasteiger partial charge on any atom is -0.359 e. The molecule has 6 N–H and O–H groups in total. The van der Waals surface area contributed by atoms with Crippen molar-refractivity contribution in [2.75, 3.05) is 27.8 Å². The predicted octanol–water partition coefficient (Wildman–Crippen LogP) is 4.74. The summed E-state index contributed by atoms with van der Waals surface area (Å²) in [6.45, 7) is 10.6. The number of amides is 4. The van der Waals surface area contributed by atoms with Crippen LogP contribution in [0, 0.1) is 13.8 Å². The van der Waals surface area contributed by atoms with Gasteiger partial charge in [0.1, 0.15) is 5.76 Å². The molecule has 1 atom stereocenters. The number of urea groups is 1. The molecule has 3 aromatic rings. The number of benzene rings is 1. The van der Waals surface area contributed by atoms with Crippen molar-refractivity contribution >= 4 is 52.4 Å². The number of aromatic amines is 1. The molecule has 204 valence electrons. The minimum atomic E-state index is -0.483. The van der Waals surface area contributed by atoms with Gasteiger partial charge in [-0.1, -0.05) is 32.0 Å². The number of carbonyl (C=O) groups excluding carboxylic acids is 3. The maximum Gasteiger partial charge on any atom is 0.324 e. The number of fused-ring (bicyclic) bond motifs is 1. The highest BCUT2D eigenvalue weighted by Crippen LogP contribution is 2.36. The van der Waals surface area contributed by atoms with E-state index in [0.717, 1.165) is 42.0 Å². The molecule has 5 rings (SSSR count). The minimum absolute atomic E-state index is 0.0527. The number of hydrogen-bond acceptors (Lipinski definition) is 6. The number of anilines is 4. The zero-order valence-corrected chi connectivity index (χ0v) is 22.7. The number of H-pyrrole nitrogens is 1. The molecule has 0 bridgehead atoms. The van der Waals surface area contributed by atoms with E-state index in [0.29, 0.717) is 34.1 Å². The number of aryl methyl sites for hydroxylation is 1. The lowest BCUT2D eigenvalue weighted by molar-refractivity contribution is -0.117. The summed E-state index contributed by atoms with van der Waals surface area (Å²) in [4.78, 5) is 41.3. The number of carbonyl (C=O) groups is 3. The molecule has 1 saturated heterocycles. The van der Waals surface area contributed by atoms with E-state index in [2.05, 4.69) is 36.7 Å². The SMILES string of the molecule is Cc1[nH]c(/C=C2\C(=O)Nc3cc(NC(=O)Nc4cc(C(C)(C)C)on4)ccc32)c(C)c1NC(=O)[C@H]1CCCN1. The highest BCUT2D eigenvalue weighted by Gasteiger charge is 2.27. The fourth-order valence-electron chi connectivity index (χ4n) is 4.75. The molecule has 0 saturated carbocycles. The highest BCUT2D eigenvalue weighted by molar-refractivity contribution is 6.35. The van der Waals surface area contributed by atoms with Crippen molar-refractivity contribution in [2.24, 2.45) is 0 Å². The number of nitrogens with one attached hydrogen (secondary N) is 6. The largest absolute Gasteiger partial charge is 0.359 e. The third-order valence-corrected chi connectivity index (χ3v) is 6.94. The second-order valence-corrected chi connectivity index (χ2v) is 11.0. The Balaban J connectivity index is 1.30. The van der Waals surface area contributed by atoms with E-state index in [4.69, 9.17) is 4.52 Å². The molecule has 0 aliphatic carbocycles. The van der Waals surface area contributed by atoms with E-state index < -0.39 is 6.03 Å². The van der Waals surface area contributed by atoms with Gasteiger partial charge in [-0.05, 0) is 57.0 Å². The Morgan fingerprint density at radius 3 is 2.62 bits per heavy atom. The molecule has 1 fully saturated rings. The topological polar surface area (TPSA) is 153 Å². The second-order valence-electron chi connectivity index (χ2n) is 11.0. The van der Waals surface area contributed by atoms with Crippen LogP contribution >= 0.6 is 0 Å². The predicted molar refractivity (Wildman–Crippen MR) is 151 cm³/mol. The van der Waals surface area contributed by atoms with Gasteiger partial charge in [-0.15, -0.1) is 0 Å². The van der Waals surface area contributed by atoms with Crippen molar-refractivity contribution in [2.45, 2.75) is 58.9 Å². The summed E-state index contributed by atoms with van der Waals surface area (Å²) in [6, 6.07) is 6.22. The molecule has 1 aromatic carbocycles. The summed E-state index contributed by atoms with van der Waals surface area (Å²) in [5.74, 6) is 0.661. The number of nitrogens with zero attached hydrogens (tertiary/aromatic N) is 1. The quantitative estimate of drug-likeness (QED) is 0.261. The van der Waals surface area contributed by atoms with E-state index in [-0.39, 0.29) is 23.3 Å². The first-order valence-electron chi connectivity index (χ1n) is 13.0. The zero-order valence-electron chi connectivity index (χ0n) is 22.7. The van der Waals surface area contributed by atoms with Crippen molar-refractivity contribution in [1.82, 2.24) is 15.5 Å². The van der Waals surface area contributed by atoms with Crippen molar-refractivity contribution in [3.8, 4) is 0 Å². The lowest BCUT2D eigenvalue weighted by Crippen LogP contribution is -2.35. The molecule has 0 spiro atoms. The van der Waals surface area contributed by atoms with Gasteiger partial charge in [0.25, 0.3) is 5.91 Å². The maximum absolute atomic E-state index is 12.9. The van der Waals surface area contributed by atoms with Crippen molar-refractivity contribution < 1.29 is 18.9 Å². The van der Waals surface area contributed by atoms with E-state index in [1.807, 2.05) is 34.6 Å². The molecule has 4 heterocycles. The molecule has 39 heavy (non-hydrogen) atoms. The van der Waals surface area contributed by atoms with Crippen LogP contribution in [0.2, 0.25) is 0 Å². The second kappa shape index (κ2) is 10.1. The Morgan fingerprint density at radius 1 is 1.13 bits per heavy atom. The Kier molecular flexibility index (Phi) is 6.77. The van der Waals surface area contributed by atoms with Gasteiger partial charge >= 0.3 is 6.03 Å². The van der Waals surface area contributed by atoms with Crippen LogP contribution in [-0.2, 0) is 15.0 Å². The standard InChI is InChI=1S/C28H33N7O4/c1-14-20(30-15(2)24(14)34-26(37)19-7-6-10-29-19)12-18-17-9-8-16(11-21(17)32-25(18)36)31-27(38)33-23-13-22(39-35-23)28(3,4)5/h8-9,11-13,19,29-30H,6-7,10H2,1-5H3,(H,32,36)(H,34,37)(H2,31,33,35,38)/b18-12-/t19-/m1/s1. The maximum atomic E-state index is 12.9. The van der Waals surface area contributed by atoms with Crippen LogP contribution in [0.3, 0.4) is 0 Å². The Labute approximate surface area is 226 Å². The lowest BCUT2D eigenvalue weighted by atomic mass is 9.93. The first-order chi connectivity index (χ1) is 18.5. The van der Waals surface area contributed by atoms with Gasteiger partial charge in [0.05, 0.1) is 23.0 Å². The Morgan fingerprint density at radius 2 is 1.92 bits per heavy atom. The normalized spacial score (nSPS) is 17.7. The first-order valence-corrected chi connectivity index (χ1v) is 13.0. The lowest BCUT2D eigenvalue weighted by Gasteiger charge is -2.12. The molecule has 11 nitrogen and oxygen atoms in total. The summed E-state index contributed by atoms with van der Waals surface area (Å²) in [5.41, 5.74) is 5.19. The third kappa shape index (κ3) is 5.44. The van der Waals surface area contributed by atoms with Crippen LogP contribution in [0.5, 0.6) is 0 Å². The Hall–Kier alpha value is -4.38. The van der Waals surface area contributed by atoms with Gasteiger partial charge < -0.3 is 30.8 Å². The summed E-state index contributed by atoms with van der Waals surface area (Å²) in [6.07, 6.45) is 3.58. The van der Waals surface area contributed by atoms with Gasteiger partial charge in [-0.25, -0.2) is 4.79 Å². The third-order valence-electron chi connectivity index (χ3n) is 6.94. The van der Waals surface area contributed by atoms with Gasteiger partial charge in [0.2, 0.25) is 5.91 Å². The molecule has 4 amide bonds. The zero-order chi connectivity index (χ0) is 27.9. The summed E-state index contributed by atoms with van der Waals surface area (Å²) < 4.78 is 5.30. The molecule has 11 heteroatoms. The summed E-state index contributed by atoms with van der Waals surface area (Å²) in [7, 11) is 0. The summed E-state index contributed by atoms with van der Waals surface area (Å²) >= 11 is 0. The van der Waals surface area contributed by atoms with E-state index in [1.54, 1.807) is 30.3 Å². The van der Waals surface area contributed by atoms with Crippen molar-refractivity contribution in [1.29, 1.82) is 0 Å². The number of rotatable bonds is 5. The fourth-order valence-corrected chi connectivity index (χ4v) is 4.75. The first kappa shape index (κ1) is 26.2. The van der Waals surface area contributed by atoms with Crippen LogP contribution in [0.1, 0.15) is 61.9 Å². The van der Waals surface area contributed by atoms with Crippen LogP contribution in [0.25, 0.3) is 11.6 Å². The van der Waals surface area contributed by atoms with Gasteiger partial charge in [-0.2, -0.15) is 0 Å². The molecule has 0 radical (unpaired) electrons. The Bertz CT molecular complexity index is 1490. The van der Waals surface area contributed by atoms with Crippen LogP contribution in [0.4, 0.5) is 27.7 Å². The van der Waals surface area contributed by atoms with E-state index in [1.165, 1.54) is 0 Å². The molecular weight excluding hydrogens is 498 g/mol. The van der Waals surface area contributed by atoms with E-state index >= 15 is 0 Å². The van der Waals surface area contributed by atoms with Crippen LogP contribution < -0.4 is 26.6 Å². The van der Waals surface area contributed by atoms with Crippen molar-refractivity contribution in [3.63, 3.8) is 0 Å². The number of hydrogen-bond donors (Lipinski definition) is 6. The summed E-state index contributed by atoms with van der Waals surface area (Å²) in [5, 5.41) is 18.4. The van der Waals surface area contributed by atoms with Gasteiger partial charge in [0.15, 0.2) is 5.82 Å². The highest BCUT2D eigenvalue weighted by atomic mass is 16.5.